The predicted molar refractivity (Wildman–Crippen MR) is 97.7 cm³/mol. The largest absolute Gasteiger partial charge is 0.345 e. The van der Waals surface area contributed by atoms with Gasteiger partial charge < -0.3 is 4.57 Å². The summed E-state index contributed by atoms with van der Waals surface area (Å²) in [5, 5.41) is 11.0. The molecule has 1 saturated heterocycles. The van der Waals surface area contributed by atoms with Crippen molar-refractivity contribution in [1.29, 1.82) is 0 Å². The first-order valence-electron chi connectivity index (χ1n) is 7.86. The smallest absolute Gasteiger partial charge is 0.274 e. The highest BCUT2D eigenvalue weighted by Crippen LogP contribution is 2.26. The maximum Gasteiger partial charge on any atom is 0.274 e. The van der Waals surface area contributed by atoms with Gasteiger partial charge in [0, 0.05) is 26.3 Å². The minimum absolute atomic E-state index is 0.140. The molecule has 3 rings (SSSR count). The summed E-state index contributed by atoms with van der Waals surface area (Å²) in [5.74, 6) is 0.465. The van der Waals surface area contributed by atoms with Crippen LogP contribution in [0.5, 0.6) is 0 Å². The fourth-order valence-corrected chi connectivity index (χ4v) is 5.81. The molecule has 1 N–H and O–H groups in total. The fourth-order valence-electron chi connectivity index (χ4n) is 2.58. The second-order valence-electron chi connectivity index (χ2n) is 5.54. The quantitative estimate of drug-likeness (QED) is 0.588. The molecule has 3 heterocycles. The summed E-state index contributed by atoms with van der Waals surface area (Å²) in [6.45, 7) is 3.07. The molecule has 0 unspecified atom stereocenters. The highest BCUT2D eigenvalue weighted by atomic mass is 32.2. The summed E-state index contributed by atoms with van der Waals surface area (Å²) in [4.78, 5) is 12.6. The Morgan fingerprint density at radius 2 is 2.08 bits per heavy atom. The van der Waals surface area contributed by atoms with E-state index in [9.17, 15) is 13.2 Å². The highest BCUT2D eigenvalue weighted by Gasteiger charge is 2.29. The summed E-state index contributed by atoms with van der Waals surface area (Å²) in [7, 11) is -1.90. The third kappa shape index (κ3) is 3.89. The molecule has 0 atom stereocenters. The third-order valence-corrected chi connectivity index (χ3v) is 7.53. The minimum Gasteiger partial charge on any atom is -0.345 e. The molecule has 1 fully saturated rings. The van der Waals surface area contributed by atoms with E-state index < -0.39 is 15.9 Å². The van der Waals surface area contributed by atoms with E-state index in [2.05, 4.69) is 15.5 Å². The van der Waals surface area contributed by atoms with Crippen molar-refractivity contribution in [2.75, 3.05) is 24.2 Å². The number of nitrogens with zero attached hydrogens (tertiary/aromatic N) is 4. The van der Waals surface area contributed by atoms with Crippen LogP contribution in [0.2, 0.25) is 0 Å². The molecule has 25 heavy (non-hydrogen) atoms. The highest BCUT2D eigenvalue weighted by molar-refractivity contribution is 8.01. The number of carbonyl (C=O) groups excluding carboxylic acids is 1. The molecule has 0 aliphatic carbocycles. The lowest BCUT2D eigenvalue weighted by Crippen LogP contribution is -2.27. The van der Waals surface area contributed by atoms with E-state index in [4.69, 9.17) is 0 Å². The molecule has 1 aliphatic heterocycles. The van der Waals surface area contributed by atoms with Crippen molar-refractivity contribution in [2.24, 2.45) is 7.05 Å². The molecule has 2 aromatic rings. The zero-order valence-corrected chi connectivity index (χ0v) is 16.4. The van der Waals surface area contributed by atoms with Gasteiger partial charge in [-0.25, -0.2) is 8.42 Å². The van der Waals surface area contributed by atoms with Crippen LogP contribution in [0.15, 0.2) is 21.5 Å². The van der Waals surface area contributed by atoms with Gasteiger partial charge in [0.25, 0.3) is 5.91 Å². The second kappa shape index (κ2) is 7.44. The molecule has 136 valence electrons. The average molecular weight is 402 g/mol. The number of anilines is 1. The lowest BCUT2D eigenvalue weighted by atomic mass is 10.4. The maximum atomic E-state index is 12.6. The van der Waals surface area contributed by atoms with Crippen molar-refractivity contribution in [3.63, 3.8) is 0 Å². The number of aromatic nitrogens is 3. The van der Waals surface area contributed by atoms with Crippen LogP contribution < -0.4 is 5.32 Å². The standard InChI is InChI=1S/C14H19N5O3S3/c1-3-23-14-17-16-13(24-14)15-12(20)11-8-10(9-18(11)2)25(21,22)19-6-4-5-7-19/h8-9H,3-7H2,1-2H3,(H,15,16,20). The topological polar surface area (TPSA) is 97.2 Å². The first-order valence-corrected chi connectivity index (χ1v) is 11.1. The summed E-state index contributed by atoms with van der Waals surface area (Å²) < 4.78 is 29.0. The zero-order chi connectivity index (χ0) is 18.0. The first-order chi connectivity index (χ1) is 11.9. The number of hydrogen-bond donors (Lipinski definition) is 1. The number of rotatable bonds is 6. The Morgan fingerprint density at radius 3 is 2.76 bits per heavy atom. The van der Waals surface area contributed by atoms with Crippen LogP contribution in [0, 0.1) is 0 Å². The Labute approximate surface area is 154 Å². The van der Waals surface area contributed by atoms with Crippen molar-refractivity contribution in [3.05, 3.63) is 18.0 Å². The molecule has 1 aliphatic rings. The minimum atomic E-state index is -3.55. The van der Waals surface area contributed by atoms with Gasteiger partial charge in [-0.2, -0.15) is 4.31 Å². The summed E-state index contributed by atoms with van der Waals surface area (Å²) in [5.41, 5.74) is 0.262. The van der Waals surface area contributed by atoms with Gasteiger partial charge in [-0.15, -0.1) is 10.2 Å². The maximum absolute atomic E-state index is 12.6. The molecular formula is C14H19N5O3S3. The number of nitrogens with one attached hydrogen (secondary N) is 1. The van der Waals surface area contributed by atoms with Crippen LogP contribution in [0.4, 0.5) is 5.13 Å². The Hall–Kier alpha value is -1.43. The van der Waals surface area contributed by atoms with Gasteiger partial charge in [-0.1, -0.05) is 30.0 Å². The van der Waals surface area contributed by atoms with E-state index in [-0.39, 0.29) is 10.6 Å². The van der Waals surface area contributed by atoms with Gasteiger partial charge in [-0.3, -0.25) is 10.1 Å². The first kappa shape index (κ1) is 18.4. The molecule has 2 aromatic heterocycles. The van der Waals surface area contributed by atoms with Crippen LogP contribution in [-0.2, 0) is 17.1 Å². The summed E-state index contributed by atoms with van der Waals surface area (Å²) in [6.07, 6.45) is 3.21. The van der Waals surface area contributed by atoms with E-state index in [1.807, 2.05) is 6.92 Å². The molecule has 0 spiro atoms. The normalized spacial score (nSPS) is 15.6. The van der Waals surface area contributed by atoms with Crippen LogP contribution >= 0.6 is 23.1 Å². The number of hydrogen-bond acceptors (Lipinski definition) is 7. The predicted octanol–water partition coefficient (Wildman–Crippen LogP) is 2.03. The Kier molecular flexibility index (Phi) is 5.46. The van der Waals surface area contributed by atoms with E-state index in [1.165, 1.54) is 32.5 Å². The lowest BCUT2D eigenvalue weighted by molar-refractivity contribution is 0.101. The van der Waals surface area contributed by atoms with Crippen LogP contribution in [-0.4, -0.2) is 52.2 Å². The molecule has 8 nitrogen and oxygen atoms in total. The second-order valence-corrected chi connectivity index (χ2v) is 9.97. The van der Waals surface area contributed by atoms with Crippen molar-refractivity contribution < 1.29 is 13.2 Å². The number of carbonyl (C=O) groups is 1. The van der Waals surface area contributed by atoms with E-state index in [1.54, 1.807) is 18.8 Å². The van der Waals surface area contributed by atoms with Crippen LogP contribution in [0.1, 0.15) is 30.3 Å². The van der Waals surface area contributed by atoms with E-state index >= 15 is 0 Å². The molecular weight excluding hydrogens is 382 g/mol. The molecule has 0 aromatic carbocycles. The molecule has 0 saturated carbocycles. The molecule has 11 heteroatoms. The Morgan fingerprint density at radius 1 is 1.36 bits per heavy atom. The van der Waals surface area contributed by atoms with Crippen LogP contribution in [0.25, 0.3) is 0 Å². The van der Waals surface area contributed by atoms with Crippen molar-refractivity contribution in [3.8, 4) is 0 Å². The Bertz CT molecular complexity index is 868. The fraction of sp³-hybridized carbons (Fsp3) is 0.500. The van der Waals surface area contributed by atoms with Gasteiger partial charge in [0.05, 0.1) is 0 Å². The van der Waals surface area contributed by atoms with Crippen molar-refractivity contribution in [2.45, 2.75) is 29.0 Å². The van der Waals surface area contributed by atoms with Crippen molar-refractivity contribution in [1.82, 2.24) is 19.1 Å². The van der Waals surface area contributed by atoms with Crippen molar-refractivity contribution >= 4 is 44.2 Å². The average Bonchev–Trinajstić information content (AvgIpc) is 3.28. The van der Waals surface area contributed by atoms with Gasteiger partial charge >= 0.3 is 0 Å². The van der Waals surface area contributed by atoms with E-state index in [0.29, 0.717) is 18.2 Å². The summed E-state index contributed by atoms with van der Waals surface area (Å²) >= 11 is 2.84. The van der Waals surface area contributed by atoms with Crippen LogP contribution in [0.3, 0.4) is 0 Å². The van der Waals surface area contributed by atoms with Gasteiger partial charge in [0.15, 0.2) is 4.34 Å². The number of sulfonamides is 1. The SMILES string of the molecule is CCSc1nnc(NC(=O)c2cc(S(=O)(=O)N3CCCC3)cn2C)s1. The van der Waals surface area contributed by atoms with Gasteiger partial charge in [-0.05, 0) is 24.7 Å². The zero-order valence-electron chi connectivity index (χ0n) is 13.9. The number of thioether (sulfide) groups is 1. The molecule has 0 bridgehead atoms. The van der Waals surface area contributed by atoms with Gasteiger partial charge in [0.2, 0.25) is 15.2 Å². The summed E-state index contributed by atoms with van der Waals surface area (Å²) in [6, 6.07) is 1.41. The Balaban J connectivity index is 1.78. The van der Waals surface area contributed by atoms with E-state index in [0.717, 1.165) is 22.9 Å². The van der Waals surface area contributed by atoms with Gasteiger partial charge in [0.1, 0.15) is 10.6 Å². The monoisotopic (exact) mass is 401 g/mol. The molecule has 0 radical (unpaired) electrons. The number of aryl methyl sites for hydroxylation is 1. The lowest BCUT2D eigenvalue weighted by Gasteiger charge is -2.13. The molecule has 1 amide bonds. The number of amides is 1. The third-order valence-electron chi connectivity index (χ3n) is 3.81.